The predicted molar refractivity (Wildman–Crippen MR) is 58.8 cm³/mol. The van der Waals surface area contributed by atoms with Crippen LogP contribution in [0.5, 0.6) is 17.2 Å². The summed E-state index contributed by atoms with van der Waals surface area (Å²) in [4.78, 5) is 0. The van der Waals surface area contributed by atoms with Crippen molar-refractivity contribution < 1.29 is 18.9 Å². The van der Waals surface area contributed by atoms with E-state index in [-0.39, 0.29) is 0 Å². The highest BCUT2D eigenvalue weighted by molar-refractivity contribution is 5.52. The van der Waals surface area contributed by atoms with Gasteiger partial charge in [0.1, 0.15) is 6.61 Å². The highest BCUT2D eigenvalue weighted by Gasteiger charge is 2.27. The van der Waals surface area contributed by atoms with Crippen LogP contribution < -0.4 is 14.2 Å². The van der Waals surface area contributed by atoms with Gasteiger partial charge in [-0.25, -0.2) is 0 Å². The van der Waals surface area contributed by atoms with Crippen LogP contribution in [0.4, 0.5) is 0 Å². The SMILES string of the molecule is C=CCOc1cccc2c1OC(OCC)O2. The molecule has 0 radical (unpaired) electrons. The van der Waals surface area contributed by atoms with Crippen LogP contribution >= 0.6 is 0 Å². The topological polar surface area (TPSA) is 36.9 Å². The van der Waals surface area contributed by atoms with E-state index in [9.17, 15) is 0 Å². The first-order valence-electron chi connectivity index (χ1n) is 5.16. The summed E-state index contributed by atoms with van der Waals surface area (Å²) in [6.07, 6.45) is 1.68. The second-order valence-corrected chi connectivity index (χ2v) is 3.16. The molecule has 4 heteroatoms. The summed E-state index contributed by atoms with van der Waals surface area (Å²) in [5, 5.41) is 0. The monoisotopic (exact) mass is 222 g/mol. The average molecular weight is 222 g/mol. The Kier molecular flexibility index (Phi) is 3.31. The van der Waals surface area contributed by atoms with Crippen LogP contribution in [0, 0.1) is 0 Å². The minimum Gasteiger partial charge on any atom is -0.485 e. The van der Waals surface area contributed by atoms with Crippen molar-refractivity contribution in [2.45, 2.75) is 13.4 Å². The van der Waals surface area contributed by atoms with Gasteiger partial charge in [0, 0.05) is 0 Å². The first-order chi connectivity index (χ1) is 7.85. The fourth-order valence-corrected chi connectivity index (χ4v) is 1.40. The first kappa shape index (κ1) is 10.8. The Morgan fingerprint density at radius 3 is 3.06 bits per heavy atom. The summed E-state index contributed by atoms with van der Waals surface area (Å²) >= 11 is 0. The Balaban J connectivity index is 2.13. The van der Waals surface area contributed by atoms with Crippen LogP contribution in [0.1, 0.15) is 6.92 Å². The number of benzene rings is 1. The van der Waals surface area contributed by atoms with Crippen LogP contribution in [-0.2, 0) is 4.74 Å². The summed E-state index contributed by atoms with van der Waals surface area (Å²) in [6, 6.07) is 5.48. The van der Waals surface area contributed by atoms with Crippen molar-refractivity contribution in [2.24, 2.45) is 0 Å². The molecule has 4 nitrogen and oxygen atoms in total. The minimum atomic E-state index is -0.673. The molecule has 0 amide bonds. The van der Waals surface area contributed by atoms with E-state index in [0.717, 1.165) is 0 Å². The molecule has 1 atom stereocenters. The average Bonchev–Trinajstić information content (AvgIpc) is 2.69. The van der Waals surface area contributed by atoms with E-state index in [1.54, 1.807) is 6.08 Å². The fourth-order valence-electron chi connectivity index (χ4n) is 1.40. The molecule has 2 rings (SSSR count). The zero-order valence-corrected chi connectivity index (χ0v) is 9.14. The lowest BCUT2D eigenvalue weighted by Gasteiger charge is -2.09. The Bertz CT molecular complexity index is 375. The molecule has 0 aromatic heterocycles. The van der Waals surface area contributed by atoms with E-state index in [0.29, 0.717) is 30.5 Å². The molecular formula is C12H14O4. The molecule has 1 unspecified atom stereocenters. The van der Waals surface area contributed by atoms with Gasteiger partial charge in [0.05, 0.1) is 6.61 Å². The highest BCUT2D eigenvalue weighted by Crippen LogP contribution is 2.42. The lowest BCUT2D eigenvalue weighted by atomic mass is 10.3. The molecule has 1 aromatic rings. The lowest BCUT2D eigenvalue weighted by molar-refractivity contribution is -0.173. The Labute approximate surface area is 94.4 Å². The maximum absolute atomic E-state index is 5.47. The van der Waals surface area contributed by atoms with Crippen molar-refractivity contribution in [1.29, 1.82) is 0 Å². The van der Waals surface area contributed by atoms with E-state index in [1.165, 1.54) is 0 Å². The summed E-state index contributed by atoms with van der Waals surface area (Å²) in [6.45, 7) is 5.76. The standard InChI is InChI=1S/C12H14O4/c1-3-8-14-9-6-5-7-10-11(9)16-12(15-10)13-4-2/h3,5-7,12H,1,4,8H2,2H3. The molecule has 0 bridgehead atoms. The molecule has 1 heterocycles. The molecular weight excluding hydrogens is 208 g/mol. The molecule has 0 spiro atoms. The Morgan fingerprint density at radius 1 is 1.44 bits per heavy atom. The van der Waals surface area contributed by atoms with E-state index in [2.05, 4.69) is 6.58 Å². The molecule has 0 N–H and O–H groups in total. The van der Waals surface area contributed by atoms with Crippen molar-refractivity contribution in [3.05, 3.63) is 30.9 Å². The van der Waals surface area contributed by atoms with Gasteiger partial charge in [-0.15, -0.1) is 0 Å². The molecule has 0 aliphatic carbocycles. The van der Waals surface area contributed by atoms with Gasteiger partial charge in [0.25, 0.3) is 0 Å². The quantitative estimate of drug-likeness (QED) is 0.716. The fraction of sp³-hybridized carbons (Fsp3) is 0.333. The van der Waals surface area contributed by atoms with Crippen molar-refractivity contribution in [1.82, 2.24) is 0 Å². The second kappa shape index (κ2) is 4.90. The van der Waals surface area contributed by atoms with Crippen LogP contribution in [0.15, 0.2) is 30.9 Å². The summed E-state index contributed by atoms with van der Waals surface area (Å²) in [7, 11) is 0. The maximum atomic E-state index is 5.47. The molecule has 0 saturated carbocycles. The van der Waals surface area contributed by atoms with Gasteiger partial charge >= 0.3 is 6.48 Å². The van der Waals surface area contributed by atoms with Crippen molar-refractivity contribution >= 4 is 0 Å². The van der Waals surface area contributed by atoms with Crippen LogP contribution in [0.25, 0.3) is 0 Å². The van der Waals surface area contributed by atoms with E-state index >= 15 is 0 Å². The second-order valence-electron chi connectivity index (χ2n) is 3.16. The van der Waals surface area contributed by atoms with Gasteiger partial charge in [-0.3, -0.25) is 0 Å². The van der Waals surface area contributed by atoms with Crippen LogP contribution in [0.2, 0.25) is 0 Å². The zero-order valence-electron chi connectivity index (χ0n) is 9.14. The lowest BCUT2D eigenvalue weighted by Crippen LogP contribution is -2.21. The van der Waals surface area contributed by atoms with E-state index in [4.69, 9.17) is 18.9 Å². The molecule has 86 valence electrons. The van der Waals surface area contributed by atoms with Crippen molar-refractivity contribution in [2.75, 3.05) is 13.2 Å². The number of ether oxygens (including phenoxy) is 4. The number of fused-ring (bicyclic) bond motifs is 1. The Hall–Kier alpha value is -1.68. The van der Waals surface area contributed by atoms with Crippen LogP contribution in [0.3, 0.4) is 0 Å². The molecule has 1 aromatic carbocycles. The molecule has 16 heavy (non-hydrogen) atoms. The molecule has 0 fully saturated rings. The largest absolute Gasteiger partial charge is 0.485 e. The molecule has 1 aliphatic rings. The third-order valence-corrected chi connectivity index (χ3v) is 2.04. The van der Waals surface area contributed by atoms with E-state index in [1.807, 2.05) is 25.1 Å². The van der Waals surface area contributed by atoms with Gasteiger partial charge in [-0.05, 0) is 19.1 Å². The number of hydrogen-bond donors (Lipinski definition) is 0. The van der Waals surface area contributed by atoms with Crippen molar-refractivity contribution in [3.63, 3.8) is 0 Å². The molecule has 0 saturated heterocycles. The smallest absolute Gasteiger partial charge is 0.361 e. The predicted octanol–water partition coefficient (Wildman–Crippen LogP) is 2.34. The first-order valence-corrected chi connectivity index (χ1v) is 5.16. The maximum Gasteiger partial charge on any atom is 0.361 e. The summed E-state index contributed by atoms with van der Waals surface area (Å²) in [5.74, 6) is 1.86. The highest BCUT2D eigenvalue weighted by atomic mass is 16.9. The third kappa shape index (κ3) is 2.12. The summed E-state index contributed by atoms with van der Waals surface area (Å²) < 4.78 is 21.6. The van der Waals surface area contributed by atoms with Gasteiger partial charge < -0.3 is 18.9 Å². The van der Waals surface area contributed by atoms with Gasteiger partial charge in [-0.2, -0.15) is 0 Å². The minimum absolute atomic E-state index is 0.430. The molecule has 1 aliphatic heterocycles. The number of para-hydroxylation sites is 1. The number of rotatable bonds is 5. The van der Waals surface area contributed by atoms with Crippen molar-refractivity contribution in [3.8, 4) is 17.2 Å². The third-order valence-electron chi connectivity index (χ3n) is 2.04. The van der Waals surface area contributed by atoms with Gasteiger partial charge in [0.2, 0.25) is 5.75 Å². The normalized spacial score (nSPS) is 17.2. The van der Waals surface area contributed by atoms with Gasteiger partial charge in [-0.1, -0.05) is 18.7 Å². The number of hydrogen-bond acceptors (Lipinski definition) is 4. The van der Waals surface area contributed by atoms with Gasteiger partial charge in [0.15, 0.2) is 11.5 Å². The van der Waals surface area contributed by atoms with E-state index < -0.39 is 6.48 Å². The zero-order chi connectivity index (χ0) is 11.4. The summed E-state index contributed by atoms with van der Waals surface area (Å²) in [5.41, 5.74) is 0. The van der Waals surface area contributed by atoms with Crippen LogP contribution in [-0.4, -0.2) is 19.7 Å². The Morgan fingerprint density at radius 2 is 2.31 bits per heavy atom.